The second kappa shape index (κ2) is 6.03. The zero-order valence-corrected chi connectivity index (χ0v) is 13.1. The molecule has 21 heavy (non-hydrogen) atoms. The van der Waals surface area contributed by atoms with E-state index in [1.165, 1.54) is 0 Å². The first kappa shape index (κ1) is 14.4. The lowest BCUT2D eigenvalue weighted by molar-refractivity contribution is 0.0906. The number of hydrogen-bond acceptors (Lipinski definition) is 2. The third-order valence-electron chi connectivity index (χ3n) is 3.68. The Morgan fingerprint density at radius 3 is 2.71 bits per heavy atom. The summed E-state index contributed by atoms with van der Waals surface area (Å²) in [6.45, 7) is -0.124. The van der Waals surface area contributed by atoms with Crippen LogP contribution in [-0.2, 0) is 0 Å². The highest BCUT2D eigenvalue weighted by atomic mass is 79.9. The van der Waals surface area contributed by atoms with Crippen molar-refractivity contribution in [3.05, 3.63) is 58.3 Å². The number of nitrogens with one attached hydrogen (secondary N) is 1. The molecule has 3 rings (SSSR count). The number of aliphatic hydroxyl groups is 1. The van der Waals surface area contributed by atoms with Crippen molar-refractivity contribution in [3.8, 4) is 0 Å². The summed E-state index contributed by atoms with van der Waals surface area (Å²) in [4.78, 5) is 12.5. The SMILES string of the molecule is O=C(N[C@@H](CO)c1ccccc1)c1cc(Br)cn1C1CC1. The molecule has 1 heterocycles. The monoisotopic (exact) mass is 348 g/mol. The number of hydrogen-bond donors (Lipinski definition) is 2. The third-order valence-corrected chi connectivity index (χ3v) is 4.11. The first-order chi connectivity index (χ1) is 10.2. The summed E-state index contributed by atoms with van der Waals surface area (Å²) in [6, 6.07) is 11.4. The molecule has 1 aromatic heterocycles. The molecule has 0 radical (unpaired) electrons. The molecule has 0 aliphatic heterocycles. The molecule has 110 valence electrons. The van der Waals surface area contributed by atoms with Crippen molar-refractivity contribution in [3.63, 3.8) is 0 Å². The second-order valence-electron chi connectivity index (χ2n) is 5.30. The van der Waals surface area contributed by atoms with Crippen molar-refractivity contribution < 1.29 is 9.90 Å². The molecule has 1 aliphatic rings. The lowest BCUT2D eigenvalue weighted by Crippen LogP contribution is -2.32. The van der Waals surface area contributed by atoms with Crippen molar-refractivity contribution in [2.45, 2.75) is 24.9 Å². The zero-order chi connectivity index (χ0) is 14.8. The van der Waals surface area contributed by atoms with Gasteiger partial charge in [-0.25, -0.2) is 0 Å². The molecule has 1 aliphatic carbocycles. The number of carbonyl (C=O) groups is 1. The van der Waals surface area contributed by atoms with Gasteiger partial charge < -0.3 is 15.0 Å². The van der Waals surface area contributed by atoms with Crippen molar-refractivity contribution in [2.24, 2.45) is 0 Å². The van der Waals surface area contributed by atoms with Crippen molar-refractivity contribution >= 4 is 21.8 Å². The van der Waals surface area contributed by atoms with Crippen LogP contribution in [0.1, 0.15) is 41.0 Å². The molecular weight excluding hydrogens is 332 g/mol. The van der Waals surface area contributed by atoms with Crippen LogP contribution >= 0.6 is 15.9 Å². The maximum Gasteiger partial charge on any atom is 0.268 e. The Hall–Kier alpha value is -1.59. The van der Waals surface area contributed by atoms with Crippen LogP contribution in [0.4, 0.5) is 0 Å². The fourth-order valence-corrected chi connectivity index (χ4v) is 2.87. The van der Waals surface area contributed by atoms with E-state index in [0.717, 1.165) is 22.9 Å². The molecule has 1 atom stereocenters. The standard InChI is InChI=1S/C16H17BrN2O2/c17-12-8-15(19(9-12)13-6-7-13)16(21)18-14(10-20)11-4-2-1-3-5-11/h1-5,8-9,13-14,20H,6-7,10H2,(H,18,21)/t14-/m0/s1. The van der Waals surface area contributed by atoms with Crippen molar-refractivity contribution in [2.75, 3.05) is 6.61 Å². The fraction of sp³-hybridized carbons (Fsp3) is 0.312. The first-order valence-corrected chi connectivity index (χ1v) is 7.82. The molecule has 0 unspecified atom stereocenters. The van der Waals surface area contributed by atoms with E-state index in [1.807, 2.05) is 47.2 Å². The van der Waals surface area contributed by atoms with Gasteiger partial charge in [-0.05, 0) is 40.4 Å². The summed E-state index contributed by atoms with van der Waals surface area (Å²) in [5.74, 6) is -0.157. The Kier molecular flexibility index (Phi) is 4.12. The summed E-state index contributed by atoms with van der Waals surface area (Å²) in [7, 11) is 0. The summed E-state index contributed by atoms with van der Waals surface area (Å²) in [5.41, 5.74) is 1.54. The van der Waals surface area contributed by atoms with Crippen LogP contribution < -0.4 is 5.32 Å². The summed E-state index contributed by atoms with van der Waals surface area (Å²) < 4.78 is 2.92. The van der Waals surface area contributed by atoms with Gasteiger partial charge in [0.1, 0.15) is 5.69 Å². The summed E-state index contributed by atoms with van der Waals surface area (Å²) >= 11 is 3.43. The van der Waals surface area contributed by atoms with Crippen LogP contribution in [0.2, 0.25) is 0 Å². The van der Waals surface area contributed by atoms with E-state index in [1.54, 1.807) is 0 Å². The van der Waals surface area contributed by atoms with Crippen LogP contribution in [0.25, 0.3) is 0 Å². The molecule has 0 spiro atoms. The van der Waals surface area contributed by atoms with Crippen LogP contribution in [0, 0.1) is 0 Å². The van der Waals surface area contributed by atoms with Gasteiger partial charge in [0.2, 0.25) is 0 Å². The lowest BCUT2D eigenvalue weighted by Gasteiger charge is -2.17. The molecule has 1 fully saturated rings. The number of halogens is 1. The Morgan fingerprint density at radius 2 is 2.10 bits per heavy atom. The molecule has 0 saturated heterocycles. The van der Waals surface area contributed by atoms with Gasteiger partial charge in [0.05, 0.1) is 12.6 Å². The Labute approximate surface area is 131 Å². The largest absolute Gasteiger partial charge is 0.394 e. The quantitative estimate of drug-likeness (QED) is 0.872. The number of rotatable bonds is 5. The maximum atomic E-state index is 12.5. The number of benzene rings is 1. The predicted octanol–water partition coefficient (Wildman–Crippen LogP) is 3.05. The Balaban J connectivity index is 1.79. The number of nitrogens with zero attached hydrogens (tertiary/aromatic N) is 1. The number of aromatic nitrogens is 1. The highest BCUT2D eigenvalue weighted by molar-refractivity contribution is 9.10. The molecule has 4 nitrogen and oxygen atoms in total. The van der Waals surface area contributed by atoms with E-state index < -0.39 is 0 Å². The van der Waals surface area contributed by atoms with Gasteiger partial charge in [0.15, 0.2) is 0 Å². The van der Waals surface area contributed by atoms with Crippen LogP contribution in [0.5, 0.6) is 0 Å². The smallest absolute Gasteiger partial charge is 0.268 e. The van der Waals surface area contributed by atoms with E-state index in [4.69, 9.17) is 0 Å². The average molecular weight is 349 g/mol. The van der Waals surface area contributed by atoms with E-state index in [2.05, 4.69) is 21.2 Å². The highest BCUT2D eigenvalue weighted by Crippen LogP contribution is 2.37. The van der Waals surface area contributed by atoms with E-state index >= 15 is 0 Å². The van der Waals surface area contributed by atoms with E-state index in [-0.39, 0.29) is 18.6 Å². The number of carbonyl (C=O) groups excluding carboxylic acids is 1. The van der Waals surface area contributed by atoms with Crippen LogP contribution in [0.15, 0.2) is 47.1 Å². The third kappa shape index (κ3) is 3.19. The minimum atomic E-state index is -0.389. The van der Waals surface area contributed by atoms with Gasteiger partial charge in [0.25, 0.3) is 5.91 Å². The second-order valence-corrected chi connectivity index (χ2v) is 6.22. The van der Waals surface area contributed by atoms with Gasteiger partial charge in [-0.1, -0.05) is 30.3 Å². The minimum absolute atomic E-state index is 0.124. The van der Waals surface area contributed by atoms with Gasteiger partial charge >= 0.3 is 0 Å². The maximum absolute atomic E-state index is 12.5. The molecule has 2 aromatic rings. The highest BCUT2D eigenvalue weighted by Gasteiger charge is 2.28. The van der Waals surface area contributed by atoms with Gasteiger partial charge in [-0.15, -0.1) is 0 Å². The predicted molar refractivity (Wildman–Crippen MR) is 84.1 cm³/mol. The molecule has 1 aromatic carbocycles. The molecule has 1 amide bonds. The first-order valence-electron chi connectivity index (χ1n) is 7.03. The lowest BCUT2D eigenvalue weighted by atomic mass is 10.1. The number of aliphatic hydroxyl groups excluding tert-OH is 1. The molecular formula is C16H17BrN2O2. The number of amides is 1. The Morgan fingerprint density at radius 1 is 1.38 bits per heavy atom. The van der Waals surface area contributed by atoms with Gasteiger partial charge in [0, 0.05) is 16.7 Å². The topological polar surface area (TPSA) is 54.3 Å². The van der Waals surface area contributed by atoms with Crippen LogP contribution in [0.3, 0.4) is 0 Å². The zero-order valence-electron chi connectivity index (χ0n) is 11.5. The Bertz CT molecular complexity index is 635. The molecule has 2 N–H and O–H groups in total. The fourth-order valence-electron chi connectivity index (χ4n) is 2.43. The summed E-state index contributed by atoms with van der Waals surface area (Å²) in [5, 5.41) is 12.4. The van der Waals surface area contributed by atoms with Crippen molar-refractivity contribution in [1.82, 2.24) is 9.88 Å². The van der Waals surface area contributed by atoms with Gasteiger partial charge in [-0.3, -0.25) is 4.79 Å². The molecule has 0 bridgehead atoms. The normalized spacial score (nSPS) is 15.7. The summed E-state index contributed by atoms with van der Waals surface area (Å²) in [6.07, 6.45) is 4.18. The molecule has 5 heteroatoms. The van der Waals surface area contributed by atoms with Crippen molar-refractivity contribution in [1.29, 1.82) is 0 Å². The van der Waals surface area contributed by atoms with Gasteiger partial charge in [-0.2, -0.15) is 0 Å². The van der Waals surface area contributed by atoms with Crippen LogP contribution in [-0.4, -0.2) is 22.2 Å². The van der Waals surface area contributed by atoms with E-state index in [0.29, 0.717) is 11.7 Å². The minimum Gasteiger partial charge on any atom is -0.394 e. The molecule has 1 saturated carbocycles. The average Bonchev–Trinajstić information content (AvgIpc) is 3.28. The van der Waals surface area contributed by atoms with E-state index in [9.17, 15) is 9.90 Å².